The Morgan fingerprint density at radius 2 is 1.76 bits per heavy atom. The molecule has 1 aromatic heterocycles. The van der Waals surface area contributed by atoms with Crippen molar-refractivity contribution in [2.24, 2.45) is 5.92 Å². The second-order valence-corrected chi connectivity index (χ2v) is 11.9. The van der Waals surface area contributed by atoms with Gasteiger partial charge in [-0.3, -0.25) is 14.4 Å². The van der Waals surface area contributed by atoms with Crippen LogP contribution in [0.5, 0.6) is 0 Å². The number of likely N-dealkylation sites (tertiary alicyclic amines) is 1. The normalized spacial score (nSPS) is 24.1. The average molecular weight is 524 g/mol. The zero-order valence-electron chi connectivity index (χ0n) is 23.4. The minimum Gasteiger partial charge on any atom is -0.469 e. The van der Waals surface area contributed by atoms with E-state index in [0.717, 1.165) is 12.0 Å². The second kappa shape index (κ2) is 11.3. The first kappa shape index (κ1) is 27.9. The Labute approximate surface area is 225 Å². The van der Waals surface area contributed by atoms with Crippen LogP contribution in [0.1, 0.15) is 82.3 Å². The molecule has 1 unspecified atom stereocenters. The Bertz CT molecular complexity index is 1150. The number of hydrogen-bond donors (Lipinski definition) is 2. The lowest BCUT2D eigenvalue weighted by Gasteiger charge is -2.41. The largest absolute Gasteiger partial charge is 0.469 e. The maximum atomic E-state index is 13.4. The first-order valence-corrected chi connectivity index (χ1v) is 13.6. The van der Waals surface area contributed by atoms with Crippen LogP contribution >= 0.6 is 0 Å². The van der Waals surface area contributed by atoms with Gasteiger partial charge in [0.1, 0.15) is 11.8 Å². The number of nitrogens with zero attached hydrogens (tertiary/aromatic N) is 1. The standard InChI is InChI=1S/C30H41N3O5/c1-18(2)19-7-9-20(10-8-19)25-13-14-26(38-25)27(34)31-23-15-16-33(28(23)35)24-12-11-21(32-30(3,4)5)17-22(24)29(36)37-6/h7-10,13-14,18,21-24,32H,11-12,15-17H2,1-6H3,(H,31,34)/t21-,22-,23?,24+/m1/s1. The van der Waals surface area contributed by atoms with Crippen molar-refractivity contribution >= 4 is 17.8 Å². The molecule has 4 atom stereocenters. The van der Waals surface area contributed by atoms with Crippen molar-refractivity contribution in [3.8, 4) is 11.3 Å². The highest BCUT2D eigenvalue weighted by atomic mass is 16.5. The second-order valence-electron chi connectivity index (χ2n) is 11.9. The summed E-state index contributed by atoms with van der Waals surface area (Å²) in [5.74, 6) is -0.0642. The zero-order valence-corrected chi connectivity index (χ0v) is 23.4. The van der Waals surface area contributed by atoms with Crippen molar-refractivity contribution in [2.75, 3.05) is 13.7 Å². The van der Waals surface area contributed by atoms with Gasteiger partial charge in [-0.15, -0.1) is 0 Å². The minimum atomic E-state index is -0.648. The molecule has 0 spiro atoms. The smallest absolute Gasteiger partial charge is 0.310 e. The average Bonchev–Trinajstić information content (AvgIpc) is 3.50. The van der Waals surface area contributed by atoms with Gasteiger partial charge in [-0.1, -0.05) is 38.1 Å². The fraction of sp³-hybridized carbons (Fsp3) is 0.567. The molecule has 2 fully saturated rings. The first-order chi connectivity index (χ1) is 18.0. The van der Waals surface area contributed by atoms with E-state index in [1.54, 1.807) is 17.0 Å². The third-order valence-electron chi connectivity index (χ3n) is 7.59. The summed E-state index contributed by atoms with van der Waals surface area (Å²) in [5, 5.41) is 6.43. The fourth-order valence-electron chi connectivity index (χ4n) is 5.72. The number of amides is 2. The Kier molecular flexibility index (Phi) is 8.31. The molecule has 2 N–H and O–H groups in total. The van der Waals surface area contributed by atoms with Crippen LogP contribution in [0.3, 0.4) is 0 Å². The SMILES string of the molecule is COC(=O)[C@@H]1C[C@H](NC(C)(C)C)CC[C@@H]1N1CCC(NC(=O)c2ccc(-c3ccc(C(C)C)cc3)o2)C1=O. The lowest BCUT2D eigenvalue weighted by Crippen LogP contribution is -2.55. The van der Waals surface area contributed by atoms with Crippen LogP contribution in [0.2, 0.25) is 0 Å². The van der Waals surface area contributed by atoms with Crippen LogP contribution in [-0.2, 0) is 14.3 Å². The molecule has 2 amide bonds. The van der Waals surface area contributed by atoms with Gasteiger partial charge in [0.05, 0.1) is 13.0 Å². The third kappa shape index (κ3) is 6.29. The number of esters is 1. The van der Waals surface area contributed by atoms with Crippen LogP contribution in [0, 0.1) is 5.92 Å². The highest BCUT2D eigenvalue weighted by molar-refractivity contribution is 5.96. The molecule has 1 saturated heterocycles. The van der Waals surface area contributed by atoms with Gasteiger partial charge in [-0.2, -0.15) is 0 Å². The predicted octanol–water partition coefficient (Wildman–Crippen LogP) is 4.50. The van der Waals surface area contributed by atoms with Crippen molar-refractivity contribution in [2.45, 2.75) is 89.9 Å². The lowest BCUT2D eigenvalue weighted by atomic mass is 9.80. The molecular formula is C30H41N3O5. The Hall–Kier alpha value is -3.13. The molecule has 1 aliphatic carbocycles. The van der Waals surface area contributed by atoms with Gasteiger partial charge in [0, 0.05) is 29.7 Å². The number of benzene rings is 1. The van der Waals surface area contributed by atoms with Crippen LogP contribution in [0.4, 0.5) is 0 Å². The van der Waals surface area contributed by atoms with Crippen LogP contribution in [-0.4, -0.2) is 60.0 Å². The van der Waals surface area contributed by atoms with Crippen LogP contribution < -0.4 is 10.6 Å². The summed E-state index contributed by atoms with van der Waals surface area (Å²) in [7, 11) is 1.39. The van der Waals surface area contributed by atoms with Gasteiger partial charge < -0.3 is 24.7 Å². The van der Waals surface area contributed by atoms with Crippen molar-refractivity contribution in [3.63, 3.8) is 0 Å². The number of carbonyl (C=O) groups excluding carboxylic acids is 3. The molecule has 8 nitrogen and oxygen atoms in total. The van der Waals surface area contributed by atoms with E-state index in [1.165, 1.54) is 12.7 Å². The van der Waals surface area contributed by atoms with Crippen molar-refractivity contribution in [1.29, 1.82) is 0 Å². The summed E-state index contributed by atoms with van der Waals surface area (Å²) in [6.45, 7) is 11.1. The number of methoxy groups -OCH3 is 1. The van der Waals surface area contributed by atoms with Crippen molar-refractivity contribution in [3.05, 3.63) is 47.7 Å². The van der Waals surface area contributed by atoms with Crippen LogP contribution in [0.15, 0.2) is 40.8 Å². The first-order valence-electron chi connectivity index (χ1n) is 13.6. The van der Waals surface area contributed by atoms with Crippen LogP contribution in [0.25, 0.3) is 11.3 Å². The van der Waals surface area contributed by atoms with E-state index in [-0.39, 0.29) is 35.3 Å². The van der Waals surface area contributed by atoms with Gasteiger partial charge in [0.15, 0.2) is 5.76 Å². The summed E-state index contributed by atoms with van der Waals surface area (Å²) < 4.78 is 10.9. The van der Waals surface area contributed by atoms with E-state index >= 15 is 0 Å². The number of nitrogens with one attached hydrogen (secondary N) is 2. The molecule has 1 aromatic carbocycles. The molecule has 206 valence electrons. The van der Waals surface area contributed by atoms with E-state index in [1.807, 2.05) is 12.1 Å². The van der Waals surface area contributed by atoms with Crippen molar-refractivity contribution in [1.82, 2.24) is 15.5 Å². The molecule has 38 heavy (non-hydrogen) atoms. The molecule has 2 aliphatic rings. The maximum Gasteiger partial charge on any atom is 0.310 e. The Balaban J connectivity index is 1.40. The molecule has 0 bridgehead atoms. The molecule has 8 heteroatoms. The minimum absolute atomic E-state index is 0.0692. The molecule has 0 radical (unpaired) electrons. The number of carbonyl (C=O) groups is 3. The van der Waals surface area contributed by atoms with Gasteiger partial charge in [0.25, 0.3) is 5.91 Å². The van der Waals surface area contributed by atoms with E-state index in [9.17, 15) is 14.4 Å². The predicted molar refractivity (Wildman–Crippen MR) is 146 cm³/mol. The summed E-state index contributed by atoms with van der Waals surface area (Å²) in [6, 6.07) is 10.8. The molecule has 4 rings (SSSR count). The highest BCUT2D eigenvalue weighted by Gasteiger charge is 2.45. The lowest BCUT2D eigenvalue weighted by molar-refractivity contribution is -0.151. The Morgan fingerprint density at radius 1 is 1.05 bits per heavy atom. The topological polar surface area (TPSA) is 101 Å². The third-order valence-corrected chi connectivity index (χ3v) is 7.59. The van der Waals surface area contributed by atoms with E-state index in [2.05, 4.69) is 57.4 Å². The molecule has 2 aromatic rings. The van der Waals surface area contributed by atoms with Gasteiger partial charge in [0.2, 0.25) is 5.91 Å². The number of ether oxygens (including phenoxy) is 1. The Morgan fingerprint density at radius 3 is 2.39 bits per heavy atom. The van der Waals surface area contributed by atoms with E-state index in [0.29, 0.717) is 37.5 Å². The molecule has 1 aliphatic heterocycles. The van der Waals surface area contributed by atoms with Gasteiger partial charge >= 0.3 is 5.97 Å². The number of rotatable bonds is 7. The highest BCUT2D eigenvalue weighted by Crippen LogP contribution is 2.33. The molecular weight excluding hydrogens is 482 g/mol. The molecule has 1 saturated carbocycles. The summed E-state index contributed by atoms with van der Waals surface area (Å²) in [4.78, 5) is 40.8. The van der Waals surface area contributed by atoms with Crippen molar-refractivity contribution < 1.29 is 23.5 Å². The van der Waals surface area contributed by atoms with Gasteiger partial charge in [-0.25, -0.2) is 0 Å². The number of hydrogen-bond acceptors (Lipinski definition) is 6. The monoisotopic (exact) mass is 523 g/mol. The van der Waals surface area contributed by atoms with E-state index < -0.39 is 17.9 Å². The van der Waals surface area contributed by atoms with Gasteiger partial charge in [-0.05, 0) is 70.1 Å². The summed E-state index contributed by atoms with van der Waals surface area (Å²) in [5.41, 5.74) is 2.05. The molecule has 2 heterocycles. The quantitative estimate of drug-likeness (QED) is 0.519. The summed E-state index contributed by atoms with van der Waals surface area (Å²) >= 11 is 0. The summed E-state index contributed by atoms with van der Waals surface area (Å²) in [6.07, 6.45) is 2.67. The van der Waals surface area contributed by atoms with E-state index in [4.69, 9.17) is 9.15 Å². The maximum absolute atomic E-state index is 13.4. The zero-order chi connectivity index (χ0) is 27.6. The fourth-order valence-corrected chi connectivity index (χ4v) is 5.72. The number of furan rings is 1.